The predicted molar refractivity (Wildman–Crippen MR) is 106 cm³/mol. The van der Waals surface area contributed by atoms with E-state index in [9.17, 15) is 4.79 Å². The van der Waals surface area contributed by atoms with Crippen LogP contribution in [0.4, 0.5) is 0 Å². The van der Waals surface area contributed by atoms with Crippen molar-refractivity contribution in [3.63, 3.8) is 0 Å². The first-order valence-corrected chi connectivity index (χ1v) is 9.97. The van der Waals surface area contributed by atoms with Gasteiger partial charge in [0.15, 0.2) is 0 Å². The van der Waals surface area contributed by atoms with Gasteiger partial charge in [0, 0.05) is 16.9 Å². The Bertz CT molecular complexity index is 434. The number of Topliss-reactive ketones (excluding diaryl/α,β-unsaturated/α-hetero) is 1. The number of hydrogen-bond acceptors (Lipinski definition) is 1. The lowest BCUT2D eigenvalue weighted by molar-refractivity contribution is -0.118. The Labute approximate surface area is 162 Å². The van der Waals surface area contributed by atoms with Gasteiger partial charge in [-0.05, 0) is 77.0 Å². The number of alkyl halides is 2. The van der Waals surface area contributed by atoms with Gasteiger partial charge in [0.2, 0.25) is 0 Å². The largest absolute Gasteiger partial charge is 0.300 e. The third-order valence-corrected chi connectivity index (χ3v) is 5.21. The van der Waals surface area contributed by atoms with E-state index in [4.69, 9.17) is 41.2 Å². The number of rotatable bonds is 3. The molecule has 4 rings (SSSR count). The first-order chi connectivity index (χ1) is 11.1. The maximum atomic E-state index is 10.2. The van der Waals surface area contributed by atoms with Crippen LogP contribution in [-0.4, -0.2) is 10.1 Å². The molecular formula is C20H29Cl3O. The molecule has 0 atom stereocenters. The Morgan fingerprint density at radius 1 is 1.04 bits per heavy atom. The molecule has 4 fully saturated rings. The second-order valence-electron chi connectivity index (χ2n) is 7.28. The molecule has 0 aromatic carbocycles. The van der Waals surface area contributed by atoms with Crippen molar-refractivity contribution in [2.24, 2.45) is 23.7 Å². The van der Waals surface area contributed by atoms with E-state index in [-0.39, 0.29) is 0 Å². The normalized spacial score (nSPS) is 21.5. The van der Waals surface area contributed by atoms with Gasteiger partial charge < -0.3 is 0 Å². The Morgan fingerprint density at radius 2 is 1.50 bits per heavy atom. The zero-order chi connectivity index (χ0) is 18.3. The van der Waals surface area contributed by atoms with E-state index in [0.29, 0.717) is 29.5 Å². The highest BCUT2D eigenvalue weighted by Gasteiger charge is 2.38. The number of carbonyl (C=O) groups excluding carboxylic acids is 1. The van der Waals surface area contributed by atoms with Gasteiger partial charge in [0.1, 0.15) is 10.1 Å². The maximum Gasteiger partial charge on any atom is 0.132 e. The molecule has 0 unspecified atom stereocenters. The molecule has 0 N–H and O–H groups in total. The molecule has 0 amide bonds. The summed E-state index contributed by atoms with van der Waals surface area (Å²) < 4.78 is -0.444. The molecule has 0 radical (unpaired) electrons. The molecule has 0 saturated heterocycles. The summed E-state index contributed by atoms with van der Waals surface area (Å²) in [4.78, 5) is 10.2. The molecule has 136 valence electrons. The van der Waals surface area contributed by atoms with E-state index in [2.05, 4.69) is 12.5 Å². The molecule has 0 spiro atoms. The molecule has 0 aromatic rings. The van der Waals surface area contributed by atoms with Crippen LogP contribution in [0.15, 0.2) is 11.6 Å². The second-order valence-corrected chi connectivity index (χ2v) is 9.53. The third kappa shape index (κ3) is 12.2. The van der Waals surface area contributed by atoms with E-state index in [0.717, 1.165) is 17.9 Å². The highest BCUT2D eigenvalue weighted by Crippen LogP contribution is 2.45. The summed E-state index contributed by atoms with van der Waals surface area (Å²) in [5.41, 5.74) is 0. The molecule has 4 heteroatoms. The van der Waals surface area contributed by atoms with Crippen LogP contribution in [0.5, 0.6) is 0 Å². The fourth-order valence-electron chi connectivity index (χ4n) is 1.73. The van der Waals surface area contributed by atoms with Crippen LogP contribution in [0.25, 0.3) is 0 Å². The van der Waals surface area contributed by atoms with Crippen molar-refractivity contribution in [1.29, 1.82) is 0 Å². The first kappa shape index (κ1) is 21.9. The number of allylic oxidation sites excluding steroid dienone is 1. The summed E-state index contributed by atoms with van der Waals surface area (Å²) in [5.74, 6) is 5.39. The van der Waals surface area contributed by atoms with Crippen molar-refractivity contribution >= 4 is 40.6 Å². The number of carbonyl (C=O) groups is 1. The topological polar surface area (TPSA) is 17.1 Å². The van der Waals surface area contributed by atoms with Crippen molar-refractivity contribution < 1.29 is 4.79 Å². The molecule has 0 aliphatic heterocycles. The molecule has 4 aliphatic rings. The first-order valence-electron chi connectivity index (χ1n) is 8.83. The third-order valence-electron chi connectivity index (χ3n) is 4.28. The van der Waals surface area contributed by atoms with Crippen LogP contribution in [0, 0.1) is 36.0 Å². The number of terminal acetylenes is 1. The minimum atomic E-state index is -0.444. The summed E-state index contributed by atoms with van der Waals surface area (Å²) >= 11 is 16.9. The van der Waals surface area contributed by atoms with Crippen LogP contribution >= 0.6 is 34.8 Å². The number of hydrogen-bond donors (Lipinski definition) is 0. The van der Waals surface area contributed by atoms with Gasteiger partial charge in [0.25, 0.3) is 0 Å². The van der Waals surface area contributed by atoms with Crippen molar-refractivity contribution in [3.05, 3.63) is 11.6 Å². The minimum absolute atomic E-state index is 0.370. The zero-order valence-electron chi connectivity index (χ0n) is 14.8. The molecular weight excluding hydrogens is 363 g/mol. The van der Waals surface area contributed by atoms with Crippen molar-refractivity contribution in [2.45, 2.75) is 69.5 Å². The van der Waals surface area contributed by atoms with Gasteiger partial charge >= 0.3 is 0 Å². The molecule has 1 nitrogen and oxygen atoms in total. The average Bonchev–Trinajstić information content (AvgIpc) is 3.40. The summed E-state index contributed by atoms with van der Waals surface area (Å²) in [6, 6.07) is 0. The molecule has 0 heterocycles. The van der Waals surface area contributed by atoms with E-state index in [1.165, 1.54) is 38.5 Å². The van der Waals surface area contributed by atoms with Crippen LogP contribution in [0.2, 0.25) is 0 Å². The summed E-state index contributed by atoms with van der Waals surface area (Å²) in [7, 11) is 0. The van der Waals surface area contributed by atoms with E-state index in [1.54, 1.807) is 6.92 Å². The van der Waals surface area contributed by atoms with E-state index < -0.39 is 4.33 Å². The van der Waals surface area contributed by atoms with Gasteiger partial charge in [0.05, 0.1) is 0 Å². The molecule has 4 aliphatic carbocycles. The van der Waals surface area contributed by atoms with Crippen molar-refractivity contribution in [2.75, 3.05) is 0 Å². The van der Waals surface area contributed by atoms with Gasteiger partial charge in [-0.1, -0.05) is 18.2 Å². The quantitative estimate of drug-likeness (QED) is 0.384. The lowest BCUT2D eigenvalue weighted by Gasteiger charge is -2.08. The molecule has 4 saturated carbocycles. The monoisotopic (exact) mass is 390 g/mol. The standard InChI is InChI=1S/C5H8Cl2.C5H7Cl.C5H8O.C5H6/c1-5(6,7)4-2-3-4;2*1-4(6)5-2-3-5;1-2-5-3-4-5/h4H,2-3H2,1H3;5H,1-3H2;5H,2-3H2,1H3;1,5H,3-4H2. The van der Waals surface area contributed by atoms with E-state index in [1.807, 2.05) is 6.92 Å². The minimum Gasteiger partial charge on any atom is -0.300 e. The predicted octanol–water partition coefficient (Wildman–Crippen LogP) is 6.75. The molecule has 0 aromatic heterocycles. The highest BCUT2D eigenvalue weighted by atomic mass is 35.5. The van der Waals surface area contributed by atoms with Crippen LogP contribution < -0.4 is 0 Å². The summed E-state index contributed by atoms with van der Waals surface area (Å²) in [5, 5.41) is 0.843. The maximum absolute atomic E-state index is 10.2. The van der Waals surface area contributed by atoms with Gasteiger partial charge in [-0.2, -0.15) is 0 Å². The van der Waals surface area contributed by atoms with Crippen molar-refractivity contribution in [1.82, 2.24) is 0 Å². The smallest absolute Gasteiger partial charge is 0.132 e. The highest BCUT2D eigenvalue weighted by molar-refractivity contribution is 6.48. The summed E-state index contributed by atoms with van der Waals surface area (Å²) in [6.07, 6.45) is 14.8. The zero-order valence-corrected chi connectivity index (χ0v) is 17.1. The average molecular weight is 392 g/mol. The SMILES string of the molecule is C#CC1CC1.C=C(Cl)C1CC1.CC(=O)C1CC1.CC(Cl)(Cl)C1CC1. The number of halogens is 3. The fourth-order valence-corrected chi connectivity index (χ4v) is 2.38. The Hall–Kier alpha value is -0.160. The fraction of sp³-hybridized carbons (Fsp3) is 0.750. The van der Waals surface area contributed by atoms with E-state index >= 15 is 0 Å². The Balaban J connectivity index is 0.000000161. The number of ketones is 1. The van der Waals surface area contributed by atoms with Crippen molar-refractivity contribution in [3.8, 4) is 12.3 Å². The van der Waals surface area contributed by atoms with Crippen LogP contribution in [-0.2, 0) is 4.79 Å². The van der Waals surface area contributed by atoms with Gasteiger partial charge in [-0.15, -0.1) is 35.5 Å². The van der Waals surface area contributed by atoms with Crippen LogP contribution in [0.3, 0.4) is 0 Å². The lowest BCUT2D eigenvalue weighted by Crippen LogP contribution is -2.07. The second kappa shape index (κ2) is 10.1. The lowest BCUT2D eigenvalue weighted by atomic mass is 10.3. The Morgan fingerprint density at radius 3 is 1.50 bits per heavy atom. The Kier molecular flexibility index (Phi) is 9.21. The van der Waals surface area contributed by atoms with Gasteiger partial charge in [-0.25, -0.2) is 0 Å². The molecule has 0 bridgehead atoms. The summed E-state index contributed by atoms with van der Waals surface area (Å²) in [6.45, 7) is 7.10. The molecule has 24 heavy (non-hydrogen) atoms. The van der Waals surface area contributed by atoms with Crippen LogP contribution in [0.1, 0.15) is 65.2 Å². The van der Waals surface area contributed by atoms with Gasteiger partial charge in [-0.3, -0.25) is 4.79 Å².